The Bertz CT molecular complexity index is 570. The molecule has 6 heteroatoms. The monoisotopic (exact) mass is 360 g/mol. The second-order valence-corrected chi connectivity index (χ2v) is 8.08. The van der Waals surface area contributed by atoms with Crippen molar-refractivity contribution >= 4 is 31.8 Å². The zero-order valence-electron chi connectivity index (χ0n) is 12.1. The van der Waals surface area contributed by atoms with Crippen LogP contribution in [0.4, 0.5) is 5.69 Å². The van der Waals surface area contributed by atoms with Gasteiger partial charge in [0.05, 0.1) is 5.69 Å². The predicted molar refractivity (Wildman–Crippen MR) is 86.1 cm³/mol. The molecule has 0 radical (unpaired) electrons. The first kappa shape index (κ1) is 15.8. The van der Waals surface area contributed by atoms with Crippen LogP contribution in [0.25, 0.3) is 0 Å². The Morgan fingerprint density at radius 3 is 2.20 bits per heavy atom. The average Bonchev–Trinajstić information content (AvgIpc) is 2.36. The Labute approximate surface area is 129 Å². The Balaban J connectivity index is 2.16. The SMILES string of the molecule is Cc1cc(NS(=O)(=O)N2CCC(C)CC2)cc(C)c1Br. The zero-order chi connectivity index (χ0) is 14.9. The normalized spacial score (nSPS) is 18.2. The first-order valence-electron chi connectivity index (χ1n) is 6.84. The number of rotatable bonds is 3. The summed E-state index contributed by atoms with van der Waals surface area (Å²) in [5.41, 5.74) is 2.67. The second-order valence-electron chi connectivity index (χ2n) is 5.61. The Kier molecular flexibility index (Phi) is 4.76. The summed E-state index contributed by atoms with van der Waals surface area (Å²) in [6, 6.07) is 3.70. The lowest BCUT2D eigenvalue weighted by molar-refractivity contribution is 0.289. The Morgan fingerprint density at radius 1 is 1.20 bits per heavy atom. The van der Waals surface area contributed by atoms with Crippen LogP contribution in [0.1, 0.15) is 30.9 Å². The molecule has 1 aliphatic rings. The summed E-state index contributed by atoms with van der Waals surface area (Å²) in [6.45, 7) is 7.28. The van der Waals surface area contributed by atoms with Gasteiger partial charge in [0.2, 0.25) is 0 Å². The molecule has 0 amide bonds. The molecule has 0 aromatic heterocycles. The second kappa shape index (κ2) is 6.03. The van der Waals surface area contributed by atoms with Gasteiger partial charge in [-0.3, -0.25) is 4.72 Å². The fourth-order valence-corrected chi connectivity index (χ4v) is 3.91. The number of anilines is 1. The van der Waals surface area contributed by atoms with Crippen LogP contribution in [-0.4, -0.2) is 25.8 Å². The highest BCUT2D eigenvalue weighted by molar-refractivity contribution is 9.10. The standard InChI is InChI=1S/C14H21BrN2O2S/c1-10-4-6-17(7-5-10)20(18,19)16-13-8-11(2)14(15)12(3)9-13/h8-10,16H,4-7H2,1-3H3. The number of hydrogen-bond acceptors (Lipinski definition) is 2. The largest absolute Gasteiger partial charge is 0.301 e. The number of nitrogens with zero attached hydrogens (tertiary/aromatic N) is 1. The lowest BCUT2D eigenvalue weighted by atomic mass is 10.0. The Hall–Kier alpha value is -0.590. The summed E-state index contributed by atoms with van der Waals surface area (Å²) in [7, 11) is -3.44. The van der Waals surface area contributed by atoms with Gasteiger partial charge in [-0.25, -0.2) is 0 Å². The summed E-state index contributed by atoms with van der Waals surface area (Å²) in [4.78, 5) is 0. The maximum Gasteiger partial charge on any atom is 0.301 e. The maximum atomic E-state index is 12.4. The smallest absolute Gasteiger partial charge is 0.271 e. The summed E-state index contributed by atoms with van der Waals surface area (Å²) < 4.78 is 30.0. The van der Waals surface area contributed by atoms with Crippen molar-refractivity contribution in [2.75, 3.05) is 17.8 Å². The van der Waals surface area contributed by atoms with Gasteiger partial charge in [0.1, 0.15) is 0 Å². The Morgan fingerprint density at radius 2 is 1.70 bits per heavy atom. The van der Waals surface area contributed by atoms with Crippen molar-refractivity contribution in [1.82, 2.24) is 4.31 Å². The maximum absolute atomic E-state index is 12.4. The molecule has 0 saturated carbocycles. The van der Waals surface area contributed by atoms with Crippen LogP contribution >= 0.6 is 15.9 Å². The van der Waals surface area contributed by atoms with E-state index in [0.717, 1.165) is 28.4 Å². The van der Waals surface area contributed by atoms with Gasteiger partial charge >= 0.3 is 10.2 Å². The molecule has 112 valence electrons. The minimum absolute atomic E-state index is 0.602. The van der Waals surface area contributed by atoms with E-state index in [1.807, 2.05) is 26.0 Å². The third kappa shape index (κ3) is 3.54. The molecule has 0 aliphatic carbocycles. The highest BCUT2D eigenvalue weighted by atomic mass is 79.9. The summed E-state index contributed by atoms with van der Waals surface area (Å²) in [5.74, 6) is 0.610. The predicted octanol–water partition coefficient (Wildman–Crippen LogP) is 3.45. The molecule has 1 N–H and O–H groups in total. The van der Waals surface area contributed by atoms with Gasteiger partial charge in [-0.1, -0.05) is 22.9 Å². The first-order chi connectivity index (χ1) is 9.29. The fraction of sp³-hybridized carbons (Fsp3) is 0.571. The van der Waals surface area contributed by atoms with E-state index in [2.05, 4.69) is 27.6 Å². The van der Waals surface area contributed by atoms with E-state index >= 15 is 0 Å². The van der Waals surface area contributed by atoms with Crippen molar-refractivity contribution in [3.05, 3.63) is 27.7 Å². The lowest BCUT2D eigenvalue weighted by Gasteiger charge is -2.29. The van der Waals surface area contributed by atoms with Crippen LogP contribution in [0.2, 0.25) is 0 Å². The number of hydrogen-bond donors (Lipinski definition) is 1. The third-order valence-electron chi connectivity index (χ3n) is 3.77. The summed E-state index contributed by atoms with van der Waals surface area (Å²) >= 11 is 3.49. The van der Waals surface area contributed by atoms with Gasteiger partial charge in [-0.05, 0) is 55.9 Å². The van der Waals surface area contributed by atoms with Gasteiger partial charge < -0.3 is 0 Å². The van der Waals surface area contributed by atoms with Crippen molar-refractivity contribution in [3.63, 3.8) is 0 Å². The molecular weight excluding hydrogens is 340 g/mol. The number of halogens is 1. The topological polar surface area (TPSA) is 49.4 Å². The molecule has 2 rings (SSSR count). The van der Waals surface area contributed by atoms with Crippen molar-refractivity contribution in [2.24, 2.45) is 5.92 Å². The van der Waals surface area contributed by atoms with E-state index in [0.29, 0.717) is 24.7 Å². The number of aryl methyl sites for hydroxylation is 2. The molecule has 0 bridgehead atoms. The van der Waals surface area contributed by atoms with E-state index in [1.54, 1.807) is 4.31 Å². The molecule has 1 saturated heterocycles. The van der Waals surface area contributed by atoms with Crippen LogP contribution in [0.5, 0.6) is 0 Å². The summed E-state index contributed by atoms with van der Waals surface area (Å²) in [6.07, 6.45) is 1.86. The van der Waals surface area contributed by atoms with Crippen molar-refractivity contribution < 1.29 is 8.42 Å². The molecule has 1 heterocycles. The third-order valence-corrected chi connectivity index (χ3v) is 6.56. The molecule has 1 fully saturated rings. The molecule has 4 nitrogen and oxygen atoms in total. The molecule has 1 aromatic carbocycles. The van der Waals surface area contributed by atoms with Crippen LogP contribution in [0, 0.1) is 19.8 Å². The van der Waals surface area contributed by atoms with Gasteiger partial charge in [-0.2, -0.15) is 12.7 Å². The van der Waals surface area contributed by atoms with Gasteiger partial charge in [0.15, 0.2) is 0 Å². The average molecular weight is 361 g/mol. The first-order valence-corrected chi connectivity index (χ1v) is 9.07. The number of piperidine rings is 1. The highest BCUT2D eigenvalue weighted by Gasteiger charge is 2.26. The molecule has 1 aromatic rings. The zero-order valence-corrected chi connectivity index (χ0v) is 14.5. The molecule has 1 aliphatic heterocycles. The fourth-order valence-electron chi connectivity index (χ4n) is 2.44. The van der Waals surface area contributed by atoms with E-state index < -0.39 is 10.2 Å². The molecule has 0 atom stereocenters. The van der Waals surface area contributed by atoms with Gasteiger partial charge in [0.25, 0.3) is 0 Å². The van der Waals surface area contributed by atoms with E-state index in [4.69, 9.17) is 0 Å². The number of benzene rings is 1. The minimum Gasteiger partial charge on any atom is -0.271 e. The van der Waals surface area contributed by atoms with Crippen molar-refractivity contribution in [1.29, 1.82) is 0 Å². The highest BCUT2D eigenvalue weighted by Crippen LogP contribution is 2.26. The van der Waals surface area contributed by atoms with Crippen LogP contribution in [0.15, 0.2) is 16.6 Å². The summed E-state index contributed by atoms with van der Waals surface area (Å²) in [5, 5.41) is 0. The van der Waals surface area contributed by atoms with E-state index in [9.17, 15) is 8.42 Å². The van der Waals surface area contributed by atoms with Crippen LogP contribution in [0.3, 0.4) is 0 Å². The van der Waals surface area contributed by atoms with Crippen molar-refractivity contribution in [3.8, 4) is 0 Å². The minimum atomic E-state index is -3.44. The van der Waals surface area contributed by atoms with E-state index in [1.165, 1.54) is 0 Å². The lowest BCUT2D eigenvalue weighted by Crippen LogP contribution is -2.41. The quantitative estimate of drug-likeness (QED) is 0.897. The van der Waals surface area contributed by atoms with Crippen LogP contribution < -0.4 is 4.72 Å². The molecule has 0 spiro atoms. The van der Waals surface area contributed by atoms with Gasteiger partial charge in [-0.15, -0.1) is 0 Å². The van der Waals surface area contributed by atoms with Crippen molar-refractivity contribution in [2.45, 2.75) is 33.6 Å². The molecular formula is C14H21BrN2O2S. The van der Waals surface area contributed by atoms with Gasteiger partial charge in [0, 0.05) is 17.6 Å². The molecule has 20 heavy (non-hydrogen) atoms. The number of nitrogens with one attached hydrogen (secondary N) is 1. The van der Waals surface area contributed by atoms with Crippen LogP contribution in [-0.2, 0) is 10.2 Å². The molecule has 0 unspecified atom stereocenters. The van der Waals surface area contributed by atoms with E-state index in [-0.39, 0.29) is 0 Å².